The summed E-state index contributed by atoms with van der Waals surface area (Å²) in [6.07, 6.45) is 1.20. The number of nitrogens with zero attached hydrogens (tertiary/aromatic N) is 1. The summed E-state index contributed by atoms with van der Waals surface area (Å²) in [6, 6.07) is 0. The second kappa shape index (κ2) is 3.02. The van der Waals surface area contributed by atoms with Crippen LogP contribution in [0.5, 0.6) is 0 Å². The van der Waals surface area contributed by atoms with Gasteiger partial charge in [0.25, 0.3) is 0 Å². The maximum absolute atomic E-state index is 4.58. The molecule has 0 spiro atoms. The third-order valence-corrected chi connectivity index (χ3v) is 2.63. The SMILES string of the molecule is CC(C)C1=NCC2=C1CNCC2. The van der Waals surface area contributed by atoms with E-state index in [1.54, 1.807) is 5.57 Å². The van der Waals surface area contributed by atoms with Crippen LogP contribution in [0.2, 0.25) is 0 Å². The summed E-state index contributed by atoms with van der Waals surface area (Å²) in [5, 5.41) is 3.40. The Hall–Kier alpha value is -0.630. The molecule has 0 radical (unpaired) electrons. The summed E-state index contributed by atoms with van der Waals surface area (Å²) >= 11 is 0. The molecule has 2 aliphatic heterocycles. The van der Waals surface area contributed by atoms with E-state index < -0.39 is 0 Å². The Kier molecular flexibility index (Phi) is 2.01. The van der Waals surface area contributed by atoms with Crippen LogP contribution in [0.1, 0.15) is 20.3 Å². The Morgan fingerprint density at radius 1 is 1.42 bits per heavy atom. The maximum Gasteiger partial charge on any atom is 0.0610 e. The van der Waals surface area contributed by atoms with Gasteiger partial charge in [-0.05, 0) is 30.0 Å². The predicted octanol–water partition coefficient (Wildman–Crippen LogP) is 1.39. The molecule has 2 heteroatoms. The molecule has 0 saturated heterocycles. The second-order valence-corrected chi connectivity index (χ2v) is 3.87. The number of hydrogen-bond acceptors (Lipinski definition) is 2. The molecular formula is C10H16N2. The van der Waals surface area contributed by atoms with Crippen molar-refractivity contribution in [1.29, 1.82) is 0 Å². The Labute approximate surface area is 73.8 Å². The highest BCUT2D eigenvalue weighted by Crippen LogP contribution is 2.23. The molecule has 12 heavy (non-hydrogen) atoms. The van der Waals surface area contributed by atoms with Gasteiger partial charge < -0.3 is 5.32 Å². The third-order valence-electron chi connectivity index (χ3n) is 2.63. The molecule has 0 aromatic heterocycles. The molecule has 2 rings (SSSR count). The zero-order chi connectivity index (χ0) is 8.55. The van der Waals surface area contributed by atoms with Crippen molar-refractivity contribution >= 4 is 5.71 Å². The Morgan fingerprint density at radius 3 is 3.00 bits per heavy atom. The minimum atomic E-state index is 0.595. The molecular weight excluding hydrogens is 148 g/mol. The molecule has 0 aromatic carbocycles. The van der Waals surface area contributed by atoms with Crippen LogP contribution >= 0.6 is 0 Å². The van der Waals surface area contributed by atoms with Crippen LogP contribution in [0.25, 0.3) is 0 Å². The lowest BCUT2D eigenvalue weighted by molar-refractivity contribution is 0.688. The summed E-state index contributed by atoms with van der Waals surface area (Å²) < 4.78 is 0. The van der Waals surface area contributed by atoms with Crippen molar-refractivity contribution in [2.24, 2.45) is 10.9 Å². The molecule has 0 aliphatic carbocycles. The van der Waals surface area contributed by atoms with Crippen LogP contribution in [0.3, 0.4) is 0 Å². The van der Waals surface area contributed by atoms with Gasteiger partial charge in [-0.25, -0.2) is 0 Å². The lowest BCUT2D eigenvalue weighted by Gasteiger charge is -2.17. The van der Waals surface area contributed by atoms with Gasteiger partial charge in [0.05, 0.1) is 6.54 Å². The monoisotopic (exact) mass is 164 g/mol. The molecule has 0 atom stereocenters. The lowest BCUT2D eigenvalue weighted by Crippen LogP contribution is -2.28. The molecule has 2 nitrogen and oxygen atoms in total. The molecule has 0 saturated carbocycles. The van der Waals surface area contributed by atoms with Crippen molar-refractivity contribution in [3.8, 4) is 0 Å². The van der Waals surface area contributed by atoms with Gasteiger partial charge >= 0.3 is 0 Å². The minimum Gasteiger partial charge on any atom is -0.312 e. The molecule has 0 unspecified atom stereocenters. The highest BCUT2D eigenvalue weighted by Gasteiger charge is 2.22. The lowest BCUT2D eigenvalue weighted by atomic mass is 9.95. The first-order valence-corrected chi connectivity index (χ1v) is 4.75. The first-order valence-electron chi connectivity index (χ1n) is 4.75. The first kappa shape index (κ1) is 7.99. The van der Waals surface area contributed by atoms with Crippen LogP contribution in [0, 0.1) is 5.92 Å². The first-order chi connectivity index (χ1) is 5.79. The van der Waals surface area contributed by atoms with Crippen LogP contribution < -0.4 is 5.32 Å². The molecule has 0 aromatic rings. The number of rotatable bonds is 1. The topological polar surface area (TPSA) is 24.4 Å². The quantitative estimate of drug-likeness (QED) is 0.622. The van der Waals surface area contributed by atoms with Gasteiger partial charge in [0.1, 0.15) is 0 Å². The number of aliphatic imine (C=N–C) groups is 1. The summed E-state index contributed by atoms with van der Waals surface area (Å²) in [4.78, 5) is 4.58. The van der Waals surface area contributed by atoms with E-state index in [9.17, 15) is 0 Å². The van der Waals surface area contributed by atoms with E-state index in [0.29, 0.717) is 5.92 Å². The minimum absolute atomic E-state index is 0.595. The third kappa shape index (κ3) is 1.20. The Balaban J connectivity index is 2.23. The standard InChI is InChI=1S/C10H16N2/c1-7(2)10-9-6-11-4-3-8(9)5-12-10/h7,11H,3-6H2,1-2H3. The van der Waals surface area contributed by atoms with Gasteiger partial charge in [-0.1, -0.05) is 13.8 Å². The molecule has 0 fully saturated rings. The van der Waals surface area contributed by atoms with E-state index in [4.69, 9.17) is 0 Å². The van der Waals surface area contributed by atoms with Crippen molar-refractivity contribution in [3.05, 3.63) is 11.1 Å². The van der Waals surface area contributed by atoms with Crippen LogP contribution in [-0.4, -0.2) is 25.3 Å². The molecule has 2 heterocycles. The van der Waals surface area contributed by atoms with Gasteiger partial charge in [0, 0.05) is 12.3 Å². The van der Waals surface area contributed by atoms with Gasteiger partial charge in [-0.3, -0.25) is 4.99 Å². The van der Waals surface area contributed by atoms with Gasteiger partial charge in [-0.15, -0.1) is 0 Å². The summed E-state index contributed by atoms with van der Waals surface area (Å²) in [7, 11) is 0. The molecule has 0 bridgehead atoms. The predicted molar refractivity (Wildman–Crippen MR) is 51.7 cm³/mol. The summed E-state index contributed by atoms with van der Waals surface area (Å²) in [6.45, 7) is 7.61. The van der Waals surface area contributed by atoms with Crippen LogP contribution in [0.4, 0.5) is 0 Å². The average Bonchev–Trinajstić information content (AvgIpc) is 2.47. The zero-order valence-electron chi connectivity index (χ0n) is 7.85. The van der Waals surface area contributed by atoms with Crippen molar-refractivity contribution in [2.45, 2.75) is 20.3 Å². The van der Waals surface area contributed by atoms with Gasteiger partial charge in [0.15, 0.2) is 0 Å². The second-order valence-electron chi connectivity index (χ2n) is 3.87. The van der Waals surface area contributed by atoms with E-state index in [1.807, 2.05) is 0 Å². The molecule has 2 aliphatic rings. The van der Waals surface area contributed by atoms with Crippen molar-refractivity contribution in [1.82, 2.24) is 5.32 Å². The van der Waals surface area contributed by atoms with Crippen LogP contribution in [-0.2, 0) is 0 Å². The largest absolute Gasteiger partial charge is 0.312 e. The highest BCUT2D eigenvalue weighted by molar-refractivity contribution is 6.04. The number of hydrogen-bond donors (Lipinski definition) is 1. The maximum atomic E-state index is 4.58. The van der Waals surface area contributed by atoms with E-state index in [1.165, 1.54) is 17.7 Å². The van der Waals surface area contributed by atoms with E-state index in [0.717, 1.165) is 19.6 Å². The molecule has 0 amide bonds. The fourth-order valence-corrected chi connectivity index (χ4v) is 1.98. The molecule has 1 N–H and O–H groups in total. The number of nitrogens with one attached hydrogen (secondary N) is 1. The van der Waals surface area contributed by atoms with Crippen molar-refractivity contribution in [2.75, 3.05) is 19.6 Å². The van der Waals surface area contributed by atoms with E-state index in [-0.39, 0.29) is 0 Å². The molecule has 66 valence electrons. The van der Waals surface area contributed by atoms with Crippen LogP contribution in [0.15, 0.2) is 16.1 Å². The highest BCUT2D eigenvalue weighted by atomic mass is 14.9. The van der Waals surface area contributed by atoms with Gasteiger partial charge in [0.2, 0.25) is 0 Å². The van der Waals surface area contributed by atoms with E-state index in [2.05, 4.69) is 24.2 Å². The average molecular weight is 164 g/mol. The Morgan fingerprint density at radius 2 is 2.25 bits per heavy atom. The fourth-order valence-electron chi connectivity index (χ4n) is 1.98. The van der Waals surface area contributed by atoms with E-state index >= 15 is 0 Å². The van der Waals surface area contributed by atoms with Crippen molar-refractivity contribution in [3.63, 3.8) is 0 Å². The summed E-state index contributed by atoms with van der Waals surface area (Å²) in [5.74, 6) is 0.595. The fraction of sp³-hybridized carbons (Fsp3) is 0.700. The zero-order valence-corrected chi connectivity index (χ0v) is 7.85. The van der Waals surface area contributed by atoms with Gasteiger partial charge in [-0.2, -0.15) is 0 Å². The summed E-state index contributed by atoms with van der Waals surface area (Å²) in [5.41, 5.74) is 4.44. The normalized spacial score (nSPS) is 23.1. The van der Waals surface area contributed by atoms with Crippen molar-refractivity contribution < 1.29 is 0 Å². The Bertz CT molecular complexity index is 249. The smallest absolute Gasteiger partial charge is 0.0610 e.